The smallest absolute Gasteiger partial charge is 0.417 e. The molecule has 2 heterocycles. The summed E-state index contributed by atoms with van der Waals surface area (Å²) in [5, 5.41) is 8.90. The third kappa shape index (κ3) is 3.54. The van der Waals surface area contributed by atoms with Crippen molar-refractivity contribution in [2.75, 3.05) is 31.6 Å². The Labute approximate surface area is 118 Å². The zero-order chi connectivity index (χ0) is 15.6. The second-order valence-electron chi connectivity index (χ2n) is 4.57. The van der Waals surface area contributed by atoms with Crippen molar-refractivity contribution in [3.63, 3.8) is 0 Å². The average molecular weight is 305 g/mol. The lowest BCUT2D eigenvalue weighted by Gasteiger charge is -2.36. The monoisotopic (exact) mass is 305 g/mol. The number of carboxylic acid groups (broad SMARTS) is 1. The molecule has 1 fully saturated rings. The van der Waals surface area contributed by atoms with E-state index in [4.69, 9.17) is 9.84 Å². The molecular formula is C12H14F3N3O3. The highest BCUT2D eigenvalue weighted by Gasteiger charge is 2.32. The van der Waals surface area contributed by atoms with Crippen LogP contribution in [0.4, 0.5) is 23.8 Å². The number of morpholine rings is 1. The van der Waals surface area contributed by atoms with Crippen molar-refractivity contribution in [1.82, 2.24) is 9.88 Å². The second-order valence-corrected chi connectivity index (χ2v) is 4.57. The summed E-state index contributed by atoms with van der Waals surface area (Å²) in [5.74, 6) is 0.357. The minimum Gasteiger partial charge on any atom is -0.465 e. The van der Waals surface area contributed by atoms with Crippen molar-refractivity contribution in [2.45, 2.75) is 12.4 Å². The molecule has 1 aliphatic rings. The van der Waals surface area contributed by atoms with E-state index < -0.39 is 24.1 Å². The average Bonchev–Trinajstić information content (AvgIpc) is 2.46. The zero-order valence-electron chi connectivity index (χ0n) is 11.2. The first-order chi connectivity index (χ1) is 9.79. The number of carbonyl (C=O) groups is 1. The van der Waals surface area contributed by atoms with Gasteiger partial charge in [-0.05, 0) is 12.1 Å². The molecule has 1 saturated heterocycles. The highest BCUT2D eigenvalue weighted by atomic mass is 19.4. The minimum atomic E-state index is -4.43. The van der Waals surface area contributed by atoms with Gasteiger partial charge in [0, 0.05) is 19.8 Å². The van der Waals surface area contributed by atoms with Gasteiger partial charge in [0.25, 0.3) is 0 Å². The first-order valence-corrected chi connectivity index (χ1v) is 6.14. The summed E-state index contributed by atoms with van der Waals surface area (Å²) in [5.41, 5.74) is -0.821. The third-order valence-electron chi connectivity index (χ3n) is 3.18. The fraction of sp³-hybridized carbons (Fsp3) is 0.500. The van der Waals surface area contributed by atoms with E-state index in [1.54, 1.807) is 4.90 Å². The Balaban J connectivity index is 2.09. The molecule has 1 atom stereocenters. The van der Waals surface area contributed by atoms with Crippen molar-refractivity contribution in [3.8, 4) is 0 Å². The summed E-state index contributed by atoms with van der Waals surface area (Å²) in [4.78, 5) is 17.4. The molecule has 1 aliphatic heterocycles. The van der Waals surface area contributed by atoms with Crippen LogP contribution < -0.4 is 4.90 Å². The molecule has 6 nitrogen and oxygen atoms in total. The van der Waals surface area contributed by atoms with Gasteiger partial charge in [0.05, 0.1) is 18.7 Å². The van der Waals surface area contributed by atoms with Crippen molar-refractivity contribution in [3.05, 3.63) is 23.9 Å². The Bertz CT molecular complexity index is 507. The van der Waals surface area contributed by atoms with Gasteiger partial charge in [-0.25, -0.2) is 9.78 Å². The molecule has 0 radical (unpaired) electrons. The predicted molar refractivity (Wildman–Crippen MR) is 67.0 cm³/mol. The number of halogens is 3. The Hall–Kier alpha value is -2.03. The van der Waals surface area contributed by atoms with E-state index in [9.17, 15) is 18.0 Å². The van der Waals surface area contributed by atoms with Crippen LogP contribution in [0.25, 0.3) is 0 Å². The summed E-state index contributed by atoms with van der Waals surface area (Å²) in [6, 6.07) is 2.22. The van der Waals surface area contributed by atoms with Crippen LogP contribution in [-0.4, -0.2) is 54.1 Å². The molecule has 1 aromatic rings. The quantitative estimate of drug-likeness (QED) is 0.903. The molecule has 21 heavy (non-hydrogen) atoms. The number of rotatable bonds is 2. The summed E-state index contributed by atoms with van der Waals surface area (Å²) < 4.78 is 42.7. The van der Waals surface area contributed by atoms with Gasteiger partial charge >= 0.3 is 12.3 Å². The number of anilines is 1. The number of pyridine rings is 1. The van der Waals surface area contributed by atoms with E-state index in [0.29, 0.717) is 12.4 Å². The number of ether oxygens (including phenoxy) is 1. The molecule has 0 aromatic carbocycles. The van der Waals surface area contributed by atoms with Crippen LogP contribution in [0.3, 0.4) is 0 Å². The highest BCUT2D eigenvalue weighted by Crippen LogP contribution is 2.29. The summed E-state index contributed by atoms with van der Waals surface area (Å²) >= 11 is 0. The number of likely N-dealkylation sites (N-methyl/N-ethyl adjacent to an activating group) is 1. The normalized spacial score (nSPS) is 19.4. The van der Waals surface area contributed by atoms with Crippen LogP contribution >= 0.6 is 0 Å². The van der Waals surface area contributed by atoms with E-state index >= 15 is 0 Å². The van der Waals surface area contributed by atoms with Gasteiger partial charge < -0.3 is 14.7 Å². The van der Waals surface area contributed by atoms with Gasteiger partial charge in [-0.15, -0.1) is 0 Å². The van der Waals surface area contributed by atoms with Gasteiger partial charge in [0.1, 0.15) is 5.82 Å². The van der Waals surface area contributed by atoms with Gasteiger partial charge in [-0.2, -0.15) is 13.2 Å². The first-order valence-electron chi connectivity index (χ1n) is 6.14. The minimum absolute atomic E-state index is 0.209. The highest BCUT2D eigenvalue weighted by molar-refractivity contribution is 5.64. The molecule has 1 aromatic heterocycles. The zero-order valence-corrected chi connectivity index (χ0v) is 11.2. The molecule has 1 unspecified atom stereocenters. The summed E-state index contributed by atoms with van der Waals surface area (Å²) in [6.07, 6.45) is -5.48. The third-order valence-corrected chi connectivity index (χ3v) is 3.18. The lowest BCUT2D eigenvalue weighted by Crippen LogP contribution is -2.51. The van der Waals surface area contributed by atoms with Crippen LogP contribution in [0.1, 0.15) is 5.56 Å². The summed E-state index contributed by atoms with van der Waals surface area (Å²) in [7, 11) is 1.37. The van der Waals surface area contributed by atoms with E-state index in [-0.39, 0.29) is 13.2 Å². The maximum Gasteiger partial charge on any atom is 0.417 e. The lowest BCUT2D eigenvalue weighted by atomic mass is 10.2. The molecule has 0 bridgehead atoms. The number of hydrogen-bond donors (Lipinski definition) is 1. The molecular weight excluding hydrogens is 291 g/mol. The van der Waals surface area contributed by atoms with Crippen molar-refractivity contribution >= 4 is 11.9 Å². The maximum absolute atomic E-state index is 12.5. The molecule has 1 N–H and O–H groups in total. The van der Waals surface area contributed by atoms with Crippen LogP contribution in [-0.2, 0) is 10.9 Å². The Morgan fingerprint density at radius 1 is 1.52 bits per heavy atom. The number of alkyl halides is 3. The largest absolute Gasteiger partial charge is 0.465 e. The topological polar surface area (TPSA) is 65.9 Å². The molecule has 0 saturated carbocycles. The Morgan fingerprint density at radius 3 is 2.76 bits per heavy atom. The van der Waals surface area contributed by atoms with Crippen molar-refractivity contribution < 1.29 is 27.8 Å². The van der Waals surface area contributed by atoms with Gasteiger partial charge in [-0.3, -0.25) is 4.90 Å². The van der Waals surface area contributed by atoms with Gasteiger partial charge in [0.15, 0.2) is 6.23 Å². The Kier molecular flexibility index (Phi) is 4.21. The van der Waals surface area contributed by atoms with Crippen LogP contribution in [0, 0.1) is 0 Å². The predicted octanol–water partition coefficient (Wildman–Crippen LogP) is 1.87. The van der Waals surface area contributed by atoms with Crippen molar-refractivity contribution in [2.24, 2.45) is 0 Å². The molecule has 116 valence electrons. The lowest BCUT2D eigenvalue weighted by molar-refractivity contribution is -0.137. The first kappa shape index (κ1) is 15.4. The van der Waals surface area contributed by atoms with E-state index in [2.05, 4.69) is 4.98 Å². The number of hydrogen-bond acceptors (Lipinski definition) is 4. The van der Waals surface area contributed by atoms with E-state index in [1.807, 2.05) is 0 Å². The van der Waals surface area contributed by atoms with Crippen LogP contribution in [0.15, 0.2) is 18.3 Å². The van der Waals surface area contributed by atoms with E-state index in [0.717, 1.165) is 17.2 Å². The molecule has 2 rings (SSSR count). The number of nitrogens with zero attached hydrogens (tertiary/aromatic N) is 3. The van der Waals surface area contributed by atoms with Crippen molar-refractivity contribution in [1.29, 1.82) is 0 Å². The van der Waals surface area contributed by atoms with E-state index in [1.165, 1.54) is 13.1 Å². The second kappa shape index (κ2) is 5.76. The Morgan fingerprint density at radius 2 is 2.24 bits per heavy atom. The van der Waals surface area contributed by atoms with Gasteiger partial charge in [0.2, 0.25) is 0 Å². The number of aromatic nitrogens is 1. The van der Waals surface area contributed by atoms with Gasteiger partial charge in [-0.1, -0.05) is 0 Å². The fourth-order valence-electron chi connectivity index (χ4n) is 1.94. The number of amides is 1. The standard InChI is InChI=1S/C12H14F3N3O3/c1-17(11(19)20)10-7-18(4-5-21-10)9-3-2-8(6-16-9)12(13,14)15/h2-3,6,10H,4-5,7H2,1H3,(H,19,20). The molecule has 0 aliphatic carbocycles. The molecule has 9 heteroatoms. The molecule has 1 amide bonds. The maximum atomic E-state index is 12.5. The van der Waals surface area contributed by atoms with Crippen LogP contribution in [0.2, 0.25) is 0 Å². The molecule has 0 spiro atoms. The fourth-order valence-corrected chi connectivity index (χ4v) is 1.94. The summed E-state index contributed by atoms with van der Waals surface area (Å²) in [6.45, 7) is 0.911. The van der Waals surface area contributed by atoms with Crippen LogP contribution in [0.5, 0.6) is 0 Å². The SMILES string of the molecule is CN(C(=O)O)C1CN(c2ccc(C(F)(F)F)cn2)CCO1.